The summed E-state index contributed by atoms with van der Waals surface area (Å²) in [5.74, 6) is 0.551. The maximum atomic E-state index is 12.6. The predicted molar refractivity (Wildman–Crippen MR) is 116 cm³/mol. The Morgan fingerprint density at radius 2 is 2.00 bits per heavy atom. The minimum absolute atomic E-state index is 0.0946. The second-order valence-corrected chi connectivity index (χ2v) is 8.72. The molecule has 0 atom stereocenters. The molecule has 0 bridgehead atoms. The molecule has 0 spiro atoms. The second-order valence-electron chi connectivity index (χ2n) is 8.72. The van der Waals surface area contributed by atoms with E-state index in [9.17, 15) is 4.79 Å². The molecule has 0 aliphatic carbocycles. The fourth-order valence-corrected chi connectivity index (χ4v) is 4.03. The Hall–Kier alpha value is -2.07. The van der Waals surface area contributed by atoms with Crippen molar-refractivity contribution in [1.82, 2.24) is 10.2 Å². The molecule has 2 aromatic rings. The van der Waals surface area contributed by atoms with Crippen LogP contribution < -0.4 is 5.32 Å². The fourth-order valence-electron chi connectivity index (χ4n) is 4.03. The number of hydrogen-bond donors (Lipinski definition) is 1. The normalized spacial score (nSPS) is 15.9. The number of nitrogens with one attached hydrogen (secondary N) is 1. The fraction of sp³-hybridized carbons (Fsp3) is 0.542. The van der Waals surface area contributed by atoms with Crippen LogP contribution >= 0.6 is 0 Å². The summed E-state index contributed by atoms with van der Waals surface area (Å²) < 4.78 is 5.72. The molecular weight excluding hydrogens is 348 g/mol. The van der Waals surface area contributed by atoms with Crippen molar-refractivity contribution in [2.45, 2.75) is 65.8 Å². The first kappa shape index (κ1) is 20.7. The number of hydrogen-bond acceptors (Lipinski definition) is 3. The van der Waals surface area contributed by atoms with Gasteiger partial charge >= 0.3 is 0 Å². The van der Waals surface area contributed by atoms with Crippen molar-refractivity contribution in [2.24, 2.45) is 0 Å². The summed E-state index contributed by atoms with van der Waals surface area (Å²) in [6.45, 7) is 13.9. The number of carbonyl (C=O) groups excluding carboxylic acids is 1. The lowest BCUT2D eigenvalue weighted by Crippen LogP contribution is -2.45. The molecule has 3 rings (SSSR count). The van der Waals surface area contributed by atoms with Crippen LogP contribution in [0.25, 0.3) is 11.0 Å². The monoisotopic (exact) mass is 382 g/mol. The highest BCUT2D eigenvalue weighted by atomic mass is 16.3. The smallest absolute Gasteiger partial charge is 0.224 e. The van der Waals surface area contributed by atoms with Crippen LogP contribution in [0.1, 0.15) is 63.1 Å². The average molecular weight is 383 g/mol. The number of nitrogens with zero attached hydrogens (tertiary/aromatic N) is 1. The van der Waals surface area contributed by atoms with E-state index >= 15 is 0 Å². The number of allylic oxidation sites excluding steroid dienone is 1. The summed E-state index contributed by atoms with van der Waals surface area (Å²) in [5, 5.41) is 4.30. The van der Waals surface area contributed by atoms with Crippen LogP contribution in [-0.2, 0) is 11.2 Å². The molecule has 1 aromatic carbocycles. The summed E-state index contributed by atoms with van der Waals surface area (Å²) in [6.07, 6.45) is 6.44. The number of amides is 1. The molecule has 0 unspecified atom stereocenters. The van der Waals surface area contributed by atoms with Crippen LogP contribution in [-0.4, -0.2) is 36.5 Å². The van der Waals surface area contributed by atoms with Gasteiger partial charge in [0.25, 0.3) is 0 Å². The highest BCUT2D eigenvalue weighted by Crippen LogP contribution is 2.29. The number of rotatable bonds is 6. The van der Waals surface area contributed by atoms with Gasteiger partial charge in [-0.05, 0) is 62.8 Å². The summed E-state index contributed by atoms with van der Waals surface area (Å²) in [4.78, 5) is 15.1. The van der Waals surface area contributed by atoms with Crippen LogP contribution in [0.3, 0.4) is 0 Å². The number of likely N-dealkylation sites (tertiary alicyclic amines) is 1. The molecule has 4 nitrogen and oxygen atoms in total. The molecule has 1 aliphatic heterocycles. The molecule has 1 saturated heterocycles. The molecular formula is C24H34N2O2. The van der Waals surface area contributed by atoms with E-state index in [1.54, 1.807) is 6.26 Å². The minimum atomic E-state index is 0.0946. The van der Waals surface area contributed by atoms with Crippen LogP contribution in [0, 0.1) is 6.92 Å². The van der Waals surface area contributed by atoms with Gasteiger partial charge in [0.15, 0.2) is 0 Å². The SMILES string of the molecule is CC(C)=CCN1CCC(NC(=O)Cc2coc3cc(C)c(C(C)C)cc23)CC1. The van der Waals surface area contributed by atoms with E-state index in [4.69, 9.17) is 4.42 Å². The van der Waals surface area contributed by atoms with Gasteiger partial charge in [-0.2, -0.15) is 0 Å². The van der Waals surface area contributed by atoms with Crippen molar-refractivity contribution in [3.63, 3.8) is 0 Å². The first-order valence-electron chi connectivity index (χ1n) is 10.5. The van der Waals surface area contributed by atoms with E-state index in [1.165, 1.54) is 16.7 Å². The zero-order valence-electron chi connectivity index (χ0n) is 18.0. The van der Waals surface area contributed by atoms with Crippen LogP contribution in [0.2, 0.25) is 0 Å². The average Bonchev–Trinajstić information content (AvgIpc) is 3.01. The van der Waals surface area contributed by atoms with E-state index in [1.807, 2.05) is 0 Å². The third-order valence-corrected chi connectivity index (χ3v) is 5.73. The predicted octanol–water partition coefficient (Wildman–Crippen LogP) is 4.95. The third-order valence-electron chi connectivity index (χ3n) is 5.73. The summed E-state index contributed by atoms with van der Waals surface area (Å²) >= 11 is 0. The Morgan fingerprint density at radius 3 is 2.64 bits per heavy atom. The van der Waals surface area contributed by atoms with Gasteiger partial charge in [0.05, 0.1) is 12.7 Å². The van der Waals surface area contributed by atoms with Gasteiger partial charge in [-0.15, -0.1) is 0 Å². The first-order valence-corrected chi connectivity index (χ1v) is 10.5. The second kappa shape index (κ2) is 8.95. The topological polar surface area (TPSA) is 45.5 Å². The van der Waals surface area contributed by atoms with Crippen LogP contribution in [0.15, 0.2) is 34.5 Å². The van der Waals surface area contributed by atoms with Crippen molar-refractivity contribution in [1.29, 1.82) is 0 Å². The lowest BCUT2D eigenvalue weighted by Gasteiger charge is -2.31. The van der Waals surface area contributed by atoms with Crippen LogP contribution in [0.4, 0.5) is 0 Å². The Morgan fingerprint density at radius 1 is 1.29 bits per heavy atom. The lowest BCUT2D eigenvalue weighted by molar-refractivity contribution is -0.121. The zero-order valence-corrected chi connectivity index (χ0v) is 18.0. The Balaban J connectivity index is 1.58. The number of fused-ring (bicyclic) bond motifs is 1. The standard InChI is InChI=1S/C24H34N2O2/c1-16(2)6-9-26-10-7-20(8-11-26)25-24(27)13-19-15-28-23-12-18(5)21(17(3)4)14-22(19)23/h6,12,14-15,17,20H,7-11,13H2,1-5H3,(H,25,27). The molecule has 0 radical (unpaired) electrons. The zero-order chi connectivity index (χ0) is 20.3. The maximum Gasteiger partial charge on any atom is 0.224 e. The molecule has 1 aliphatic rings. The van der Waals surface area contributed by atoms with Crippen molar-refractivity contribution in [2.75, 3.05) is 19.6 Å². The van der Waals surface area contributed by atoms with Crippen molar-refractivity contribution >= 4 is 16.9 Å². The highest BCUT2D eigenvalue weighted by Gasteiger charge is 2.21. The largest absolute Gasteiger partial charge is 0.464 e. The summed E-state index contributed by atoms with van der Waals surface area (Å²) in [6, 6.07) is 4.57. The number of piperidine rings is 1. The van der Waals surface area contributed by atoms with Gasteiger partial charge in [-0.1, -0.05) is 25.5 Å². The molecule has 1 N–H and O–H groups in total. The van der Waals surface area contributed by atoms with Crippen molar-refractivity contribution in [3.05, 3.63) is 46.7 Å². The van der Waals surface area contributed by atoms with Gasteiger partial charge in [-0.3, -0.25) is 9.69 Å². The molecule has 4 heteroatoms. The molecule has 152 valence electrons. The van der Waals surface area contributed by atoms with Crippen molar-refractivity contribution in [3.8, 4) is 0 Å². The number of furan rings is 1. The number of carbonyl (C=O) groups is 1. The molecule has 28 heavy (non-hydrogen) atoms. The van der Waals surface area contributed by atoms with Crippen molar-refractivity contribution < 1.29 is 9.21 Å². The minimum Gasteiger partial charge on any atom is -0.464 e. The Kier molecular flexibility index (Phi) is 6.61. The van der Waals surface area contributed by atoms with Crippen LogP contribution in [0.5, 0.6) is 0 Å². The summed E-state index contributed by atoms with van der Waals surface area (Å²) in [5.41, 5.74) is 5.78. The van der Waals surface area contributed by atoms with E-state index in [-0.39, 0.29) is 11.9 Å². The van der Waals surface area contributed by atoms with Gasteiger partial charge < -0.3 is 9.73 Å². The van der Waals surface area contributed by atoms with Gasteiger partial charge in [0.1, 0.15) is 5.58 Å². The molecule has 1 aromatic heterocycles. The van der Waals surface area contributed by atoms with E-state index in [2.05, 4.69) is 63.0 Å². The Labute approximate surface area is 169 Å². The molecule has 0 saturated carbocycles. The number of benzene rings is 1. The highest BCUT2D eigenvalue weighted by molar-refractivity contribution is 5.88. The van der Waals surface area contributed by atoms with E-state index in [0.717, 1.165) is 49.0 Å². The molecule has 1 fully saturated rings. The Bertz CT molecular complexity index is 851. The van der Waals surface area contributed by atoms with E-state index < -0.39 is 0 Å². The quantitative estimate of drug-likeness (QED) is 0.719. The number of aryl methyl sites for hydroxylation is 1. The third kappa shape index (κ3) is 5.05. The maximum absolute atomic E-state index is 12.6. The van der Waals surface area contributed by atoms with Gasteiger partial charge in [0.2, 0.25) is 5.91 Å². The molecule has 2 heterocycles. The van der Waals surface area contributed by atoms with Gasteiger partial charge in [-0.25, -0.2) is 0 Å². The van der Waals surface area contributed by atoms with E-state index in [0.29, 0.717) is 12.3 Å². The lowest BCUT2D eigenvalue weighted by atomic mass is 9.95. The molecule has 1 amide bonds. The first-order chi connectivity index (χ1) is 13.3. The van der Waals surface area contributed by atoms with Gasteiger partial charge in [0, 0.05) is 36.6 Å². The summed E-state index contributed by atoms with van der Waals surface area (Å²) in [7, 11) is 0.